The van der Waals surface area contributed by atoms with Crippen LogP contribution in [0.15, 0.2) is 40.0 Å². The molecule has 2 aromatic rings. The van der Waals surface area contributed by atoms with Gasteiger partial charge < -0.3 is 14.7 Å². The Labute approximate surface area is 180 Å². The van der Waals surface area contributed by atoms with Gasteiger partial charge in [-0.15, -0.1) is 24.0 Å². The summed E-state index contributed by atoms with van der Waals surface area (Å²) in [5.74, 6) is -0.293. The number of nitrogens with zero attached hydrogens (tertiary/aromatic N) is 4. The van der Waals surface area contributed by atoms with Crippen LogP contribution in [-0.4, -0.2) is 60.2 Å². The van der Waals surface area contributed by atoms with E-state index in [2.05, 4.69) is 25.3 Å². The van der Waals surface area contributed by atoms with Crippen LogP contribution in [0.4, 0.5) is 8.78 Å². The van der Waals surface area contributed by atoms with E-state index < -0.39 is 11.6 Å². The molecule has 1 N–H and O–H groups in total. The van der Waals surface area contributed by atoms with Gasteiger partial charge in [-0.3, -0.25) is 9.89 Å². The van der Waals surface area contributed by atoms with Crippen molar-refractivity contribution < 1.29 is 13.3 Å². The fourth-order valence-corrected chi connectivity index (χ4v) is 3.67. The zero-order valence-electron chi connectivity index (χ0n) is 15.6. The molecule has 1 aliphatic carbocycles. The number of nitrogens with one attached hydrogen (secondary N) is 1. The molecule has 2 atom stereocenters. The molecule has 1 aliphatic heterocycles. The highest BCUT2D eigenvalue weighted by molar-refractivity contribution is 14.0. The highest BCUT2D eigenvalue weighted by Crippen LogP contribution is 2.43. The van der Waals surface area contributed by atoms with E-state index >= 15 is 0 Å². The van der Waals surface area contributed by atoms with Gasteiger partial charge in [-0.25, -0.2) is 8.78 Å². The molecule has 6 nitrogen and oxygen atoms in total. The Hall–Kier alpha value is -1.75. The van der Waals surface area contributed by atoms with E-state index in [0.29, 0.717) is 6.42 Å². The molecule has 2 aliphatic rings. The summed E-state index contributed by atoms with van der Waals surface area (Å²) in [6, 6.07) is 5.93. The second-order valence-electron chi connectivity index (χ2n) is 7.03. The van der Waals surface area contributed by atoms with Crippen LogP contribution in [0.25, 0.3) is 0 Å². The quantitative estimate of drug-likeness (QED) is 0.395. The van der Waals surface area contributed by atoms with Gasteiger partial charge in [-0.05, 0) is 18.6 Å². The minimum atomic E-state index is -0.472. The summed E-state index contributed by atoms with van der Waals surface area (Å²) in [5.41, 5.74) is 1.11. The number of aromatic nitrogens is 1. The fraction of sp³-hybridized carbons (Fsp3) is 0.474. The van der Waals surface area contributed by atoms with Gasteiger partial charge in [0.2, 0.25) is 0 Å². The highest BCUT2D eigenvalue weighted by Gasteiger charge is 2.43. The summed E-state index contributed by atoms with van der Waals surface area (Å²) < 4.78 is 32.8. The van der Waals surface area contributed by atoms with Crippen molar-refractivity contribution in [2.75, 3.05) is 33.2 Å². The Morgan fingerprint density at radius 3 is 2.54 bits per heavy atom. The van der Waals surface area contributed by atoms with Crippen molar-refractivity contribution >= 4 is 29.9 Å². The van der Waals surface area contributed by atoms with E-state index in [9.17, 15) is 8.78 Å². The Morgan fingerprint density at radius 2 is 1.93 bits per heavy atom. The summed E-state index contributed by atoms with van der Waals surface area (Å²) in [5, 5.41) is 7.32. The van der Waals surface area contributed by atoms with Crippen molar-refractivity contribution in [3.63, 3.8) is 0 Å². The third-order valence-corrected chi connectivity index (χ3v) is 5.24. The second kappa shape index (κ2) is 9.17. The fourth-order valence-electron chi connectivity index (χ4n) is 3.67. The molecule has 1 saturated heterocycles. The Morgan fingerprint density at radius 1 is 1.21 bits per heavy atom. The molecule has 0 spiro atoms. The summed E-state index contributed by atoms with van der Waals surface area (Å²) in [6.07, 6.45) is 2.30. The highest BCUT2D eigenvalue weighted by atomic mass is 127. The normalized spacial score (nSPS) is 22.7. The Kier molecular flexibility index (Phi) is 6.86. The van der Waals surface area contributed by atoms with Gasteiger partial charge in [0.15, 0.2) is 5.96 Å². The minimum Gasteiger partial charge on any atom is -0.364 e. The first-order chi connectivity index (χ1) is 13.2. The summed E-state index contributed by atoms with van der Waals surface area (Å²) in [6.45, 7) is 4.23. The van der Waals surface area contributed by atoms with Crippen LogP contribution in [0, 0.1) is 11.6 Å². The second-order valence-corrected chi connectivity index (χ2v) is 7.03. The summed E-state index contributed by atoms with van der Waals surface area (Å²) in [7, 11) is 1.74. The van der Waals surface area contributed by atoms with Gasteiger partial charge >= 0.3 is 0 Å². The van der Waals surface area contributed by atoms with Crippen LogP contribution in [0.2, 0.25) is 0 Å². The smallest absolute Gasteiger partial charge is 0.193 e. The molecule has 1 aromatic carbocycles. The molecule has 1 saturated carbocycles. The van der Waals surface area contributed by atoms with Crippen LogP contribution in [0.3, 0.4) is 0 Å². The van der Waals surface area contributed by atoms with Crippen molar-refractivity contribution in [1.82, 2.24) is 20.3 Å². The van der Waals surface area contributed by atoms with Crippen molar-refractivity contribution in [3.8, 4) is 0 Å². The van der Waals surface area contributed by atoms with E-state index in [-0.39, 0.29) is 41.5 Å². The molecule has 1 aromatic heterocycles. The largest absolute Gasteiger partial charge is 0.364 e. The number of aliphatic imine (C=N–C) groups is 1. The van der Waals surface area contributed by atoms with E-state index in [4.69, 9.17) is 4.52 Å². The molecular weight excluding hydrogens is 479 g/mol. The SMILES string of the molecule is CN=C(NC1CC1c1c(F)cccc1F)N1CCN(Cc2ccon2)CC1.I. The molecule has 0 radical (unpaired) electrons. The lowest BCUT2D eigenvalue weighted by Gasteiger charge is -2.36. The predicted molar refractivity (Wildman–Crippen MR) is 113 cm³/mol. The zero-order valence-corrected chi connectivity index (χ0v) is 18.0. The third-order valence-electron chi connectivity index (χ3n) is 5.24. The van der Waals surface area contributed by atoms with Crippen LogP contribution in [0.5, 0.6) is 0 Å². The van der Waals surface area contributed by atoms with Crippen LogP contribution < -0.4 is 5.32 Å². The Bertz CT molecular complexity index is 788. The lowest BCUT2D eigenvalue weighted by atomic mass is 10.1. The molecule has 4 rings (SSSR count). The maximum atomic E-state index is 14.0. The molecule has 152 valence electrons. The molecule has 2 heterocycles. The van der Waals surface area contributed by atoms with Gasteiger partial charge in [0.05, 0.1) is 5.69 Å². The van der Waals surface area contributed by atoms with Gasteiger partial charge in [0.1, 0.15) is 17.9 Å². The zero-order chi connectivity index (χ0) is 18.8. The van der Waals surface area contributed by atoms with Crippen molar-refractivity contribution in [3.05, 3.63) is 53.4 Å². The van der Waals surface area contributed by atoms with Crippen LogP contribution in [0.1, 0.15) is 23.6 Å². The predicted octanol–water partition coefficient (Wildman–Crippen LogP) is 2.82. The number of rotatable bonds is 4. The van der Waals surface area contributed by atoms with Gasteiger partial charge in [0, 0.05) is 63.4 Å². The molecule has 2 unspecified atom stereocenters. The van der Waals surface area contributed by atoms with Crippen molar-refractivity contribution in [2.45, 2.75) is 24.9 Å². The number of halogens is 3. The first-order valence-corrected chi connectivity index (χ1v) is 9.19. The molecule has 9 heteroatoms. The minimum absolute atomic E-state index is 0. The van der Waals surface area contributed by atoms with E-state index in [1.807, 2.05) is 6.07 Å². The number of guanidine groups is 1. The maximum absolute atomic E-state index is 14.0. The van der Waals surface area contributed by atoms with Gasteiger partial charge in [-0.1, -0.05) is 11.2 Å². The first-order valence-electron chi connectivity index (χ1n) is 9.19. The van der Waals surface area contributed by atoms with E-state index in [0.717, 1.165) is 44.4 Å². The molecule has 2 fully saturated rings. The Balaban J connectivity index is 0.00000225. The van der Waals surface area contributed by atoms with Gasteiger partial charge in [-0.2, -0.15) is 0 Å². The molecule has 0 amide bonds. The molecule has 0 bridgehead atoms. The average molecular weight is 503 g/mol. The van der Waals surface area contributed by atoms with Crippen molar-refractivity contribution in [2.24, 2.45) is 4.99 Å². The topological polar surface area (TPSA) is 56.9 Å². The number of benzene rings is 1. The number of piperazine rings is 1. The monoisotopic (exact) mass is 503 g/mol. The van der Waals surface area contributed by atoms with Crippen molar-refractivity contribution in [1.29, 1.82) is 0 Å². The van der Waals surface area contributed by atoms with E-state index in [1.165, 1.54) is 18.2 Å². The van der Waals surface area contributed by atoms with Crippen LogP contribution >= 0.6 is 24.0 Å². The standard InChI is InChI=1S/C19H23F2N5O.HI/c1-22-19(23-17-11-14(17)18-15(20)3-2-4-16(18)21)26-8-6-25(7-9-26)12-13-5-10-27-24-13;/h2-5,10,14,17H,6-9,11-12H2,1H3,(H,22,23);1H. The lowest BCUT2D eigenvalue weighted by molar-refractivity contribution is 0.169. The summed E-state index contributed by atoms with van der Waals surface area (Å²) in [4.78, 5) is 8.87. The van der Waals surface area contributed by atoms with Crippen LogP contribution in [-0.2, 0) is 6.54 Å². The first kappa shape index (κ1) is 21.0. The van der Waals surface area contributed by atoms with Gasteiger partial charge in [0.25, 0.3) is 0 Å². The maximum Gasteiger partial charge on any atom is 0.193 e. The molecular formula is C19H24F2IN5O. The number of hydrogen-bond donors (Lipinski definition) is 1. The number of hydrogen-bond acceptors (Lipinski definition) is 4. The summed E-state index contributed by atoms with van der Waals surface area (Å²) >= 11 is 0. The average Bonchev–Trinajstić information content (AvgIpc) is 3.21. The van der Waals surface area contributed by atoms with E-state index in [1.54, 1.807) is 13.3 Å². The molecule has 28 heavy (non-hydrogen) atoms. The lowest BCUT2D eigenvalue weighted by Crippen LogP contribution is -2.52. The third kappa shape index (κ3) is 4.62.